The van der Waals surface area contributed by atoms with E-state index in [9.17, 15) is 13.2 Å². The molecule has 152 valence electrons. The lowest BCUT2D eigenvalue weighted by Crippen LogP contribution is -2.45. The zero-order valence-corrected chi connectivity index (χ0v) is 16.7. The summed E-state index contributed by atoms with van der Waals surface area (Å²) in [5.41, 5.74) is 0. The SMILES string of the molecule is COCCOCCNC(=O)C1CCCN(S(=O)(=O)c2ccc(OC)cc2)C1. The second-order valence-electron chi connectivity index (χ2n) is 6.27. The maximum absolute atomic E-state index is 12.8. The van der Waals surface area contributed by atoms with Crippen LogP contribution in [0.1, 0.15) is 12.8 Å². The number of ether oxygens (including phenoxy) is 3. The minimum atomic E-state index is -3.63. The van der Waals surface area contributed by atoms with Crippen molar-refractivity contribution < 1.29 is 27.4 Å². The Morgan fingerprint density at radius 2 is 1.93 bits per heavy atom. The Morgan fingerprint density at radius 1 is 1.19 bits per heavy atom. The summed E-state index contributed by atoms with van der Waals surface area (Å²) in [7, 11) is -0.505. The number of nitrogens with one attached hydrogen (secondary N) is 1. The number of carbonyl (C=O) groups is 1. The lowest BCUT2D eigenvalue weighted by molar-refractivity contribution is -0.126. The van der Waals surface area contributed by atoms with Gasteiger partial charge in [0.2, 0.25) is 15.9 Å². The molecule has 1 aliphatic rings. The number of methoxy groups -OCH3 is 2. The number of sulfonamides is 1. The summed E-state index contributed by atoms with van der Waals surface area (Å²) >= 11 is 0. The van der Waals surface area contributed by atoms with Crippen molar-refractivity contribution in [3.05, 3.63) is 24.3 Å². The second-order valence-corrected chi connectivity index (χ2v) is 8.21. The summed E-state index contributed by atoms with van der Waals surface area (Å²) in [4.78, 5) is 12.6. The maximum atomic E-state index is 12.8. The van der Waals surface area contributed by atoms with Crippen LogP contribution in [0.15, 0.2) is 29.2 Å². The van der Waals surface area contributed by atoms with Crippen LogP contribution >= 0.6 is 0 Å². The Morgan fingerprint density at radius 3 is 2.59 bits per heavy atom. The largest absolute Gasteiger partial charge is 0.497 e. The van der Waals surface area contributed by atoms with E-state index in [0.29, 0.717) is 51.5 Å². The van der Waals surface area contributed by atoms with Gasteiger partial charge in [0.05, 0.1) is 37.7 Å². The van der Waals surface area contributed by atoms with Crippen molar-refractivity contribution in [2.75, 3.05) is 53.7 Å². The number of amides is 1. The fraction of sp³-hybridized carbons (Fsp3) is 0.611. The molecule has 8 nitrogen and oxygen atoms in total. The summed E-state index contributed by atoms with van der Waals surface area (Å²) in [5, 5.41) is 2.81. The van der Waals surface area contributed by atoms with Gasteiger partial charge in [0.15, 0.2) is 0 Å². The van der Waals surface area contributed by atoms with Gasteiger partial charge in [-0.1, -0.05) is 0 Å². The lowest BCUT2D eigenvalue weighted by Gasteiger charge is -2.31. The van der Waals surface area contributed by atoms with Gasteiger partial charge in [-0.3, -0.25) is 4.79 Å². The molecule has 1 amide bonds. The zero-order chi connectivity index (χ0) is 19.7. The lowest BCUT2D eigenvalue weighted by atomic mass is 9.99. The van der Waals surface area contributed by atoms with Gasteiger partial charge in [0.25, 0.3) is 0 Å². The van der Waals surface area contributed by atoms with Crippen molar-refractivity contribution in [3.8, 4) is 5.75 Å². The third kappa shape index (κ3) is 6.17. The van der Waals surface area contributed by atoms with Crippen LogP contribution in [0.5, 0.6) is 5.75 Å². The highest BCUT2D eigenvalue weighted by molar-refractivity contribution is 7.89. The third-order valence-electron chi connectivity index (χ3n) is 4.43. The molecule has 0 spiro atoms. The van der Waals surface area contributed by atoms with Gasteiger partial charge in [0.1, 0.15) is 5.75 Å². The molecule has 1 aromatic carbocycles. The number of rotatable bonds is 10. The maximum Gasteiger partial charge on any atom is 0.243 e. The van der Waals surface area contributed by atoms with Crippen LogP contribution in [-0.2, 0) is 24.3 Å². The Balaban J connectivity index is 1.89. The summed E-state index contributed by atoms with van der Waals surface area (Å²) < 4.78 is 42.3. The molecule has 0 bridgehead atoms. The molecule has 0 aliphatic carbocycles. The molecule has 2 rings (SSSR count). The highest BCUT2D eigenvalue weighted by atomic mass is 32.2. The summed E-state index contributed by atoms with van der Waals surface area (Å²) in [6.45, 7) is 2.38. The minimum absolute atomic E-state index is 0.139. The Kier molecular flexibility index (Phi) is 8.49. The van der Waals surface area contributed by atoms with Crippen LogP contribution in [0.4, 0.5) is 0 Å². The molecule has 0 aromatic heterocycles. The van der Waals surface area contributed by atoms with E-state index in [-0.39, 0.29) is 23.3 Å². The quantitative estimate of drug-likeness (QED) is 0.586. The standard InChI is InChI=1S/C18H28N2O6S/c1-24-12-13-26-11-9-19-18(21)15-4-3-10-20(14-15)27(22,23)17-7-5-16(25-2)6-8-17/h5-8,15H,3-4,9-14H2,1-2H3,(H,19,21). The topological polar surface area (TPSA) is 94.2 Å². The summed E-state index contributed by atoms with van der Waals surface area (Å²) in [5.74, 6) is 0.100. The number of carbonyl (C=O) groups excluding carboxylic acids is 1. The first-order valence-corrected chi connectivity index (χ1v) is 10.4. The smallest absolute Gasteiger partial charge is 0.243 e. The molecule has 1 aliphatic heterocycles. The highest BCUT2D eigenvalue weighted by Gasteiger charge is 2.33. The Labute approximate surface area is 160 Å². The van der Waals surface area contributed by atoms with Crippen LogP contribution in [0.2, 0.25) is 0 Å². The summed E-state index contributed by atoms with van der Waals surface area (Å²) in [6, 6.07) is 6.28. The molecule has 1 atom stereocenters. The zero-order valence-electron chi connectivity index (χ0n) is 15.8. The fourth-order valence-electron chi connectivity index (χ4n) is 2.91. The van der Waals surface area contributed by atoms with Crippen molar-refractivity contribution in [2.45, 2.75) is 17.7 Å². The molecule has 1 fully saturated rings. The van der Waals surface area contributed by atoms with Crippen LogP contribution in [0.25, 0.3) is 0 Å². The van der Waals surface area contributed by atoms with Gasteiger partial charge in [-0.2, -0.15) is 4.31 Å². The Bertz CT molecular complexity index is 692. The van der Waals surface area contributed by atoms with E-state index in [2.05, 4.69) is 5.32 Å². The number of hydrogen-bond donors (Lipinski definition) is 1. The molecule has 27 heavy (non-hydrogen) atoms. The van der Waals surface area contributed by atoms with Crippen molar-refractivity contribution in [2.24, 2.45) is 5.92 Å². The van der Waals surface area contributed by atoms with Gasteiger partial charge >= 0.3 is 0 Å². The molecule has 1 heterocycles. The summed E-state index contributed by atoms with van der Waals surface area (Å²) in [6.07, 6.45) is 1.32. The van der Waals surface area contributed by atoms with Crippen molar-refractivity contribution in [1.29, 1.82) is 0 Å². The molecule has 0 saturated carbocycles. The van der Waals surface area contributed by atoms with Gasteiger partial charge in [-0.15, -0.1) is 0 Å². The van der Waals surface area contributed by atoms with Crippen LogP contribution < -0.4 is 10.1 Å². The van der Waals surface area contributed by atoms with Crippen molar-refractivity contribution in [3.63, 3.8) is 0 Å². The van der Waals surface area contributed by atoms with Crippen LogP contribution in [0, 0.1) is 5.92 Å². The monoisotopic (exact) mass is 400 g/mol. The normalized spacial score (nSPS) is 18.2. The molecule has 1 N–H and O–H groups in total. The van der Waals surface area contributed by atoms with Gasteiger partial charge < -0.3 is 19.5 Å². The van der Waals surface area contributed by atoms with Gasteiger partial charge in [-0.25, -0.2) is 8.42 Å². The van der Waals surface area contributed by atoms with E-state index in [4.69, 9.17) is 14.2 Å². The van der Waals surface area contributed by atoms with Crippen LogP contribution in [0.3, 0.4) is 0 Å². The predicted octanol–water partition coefficient (Wildman–Crippen LogP) is 0.875. The average Bonchev–Trinajstić information content (AvgIpc) is 2.70. The third-order valence-corrected chi connectivity index (χ3v) is 6.31. The van der Waals surface area contributed by atoms with E-state index >= 15 is 0 Å². The second kappa shape index (κ2) is 10.6. The van der Waals surface area contributed by atoms with E-state index < -0.39 is 10.0 Å². The number of benzene rings is 1. The fourth-order valence-corrected chi connectivity index (χ4v) is 4.43. The van der Waals surface area contributed by atoms with Crippen molar-refractivity contribution in [1.82, 2.24) is 9.62 Å². The first-order valence-electron chi connectivity index (χ1n) is 8.97. The van der Waals surface area contributed by atoms with E-state index in [1.807, 2.05) is 0 Å². The first-order chi connectivity index (χ1) is 13.0. The molecule has 1 unspecified atom stereocenters. The molecular weight excluding hydrogens is 372 g/mol. The van der Waals surface area contributed by atoms with E-state index in [0.717, 1.165) is 0 Å². The highest BCUT2D eigenvalue weighted by Crippen LogP contribution is 2.25. The number of hydrogen-bond acceptors (Lipinski definition) is 6. The van der Waals surface area contributed by atoms with Crippen molar-refractivity contribution >= 4 is 15.9 Å². The Hall–Kier alpha value is -1.68. The van der Waals surface area contributed by atoms with Gasteiger partial charge in [0, 0.05) is 26.7 Å². The molecule has 0 radical (unpaired) electrons. The predicted molar refractivity (Wildman–Crippen MR) is 100 cm³/mol. The first kappa shape index (κ1) is 21.6. The molecular formula is C18H28N2O6S. The number of nitrogens with zero attached hydrogens (tertiary/aromatic N) is 1. The average molecular weight is 400 g/mol. The minimum Gasteiger partial charge on any atom is -0.497 e. The molecule has 1 aromatic rings. The number of piperidine rings is 1. The van der Waals surface area contributed by atoms with E-state index in [1.165, 1.54) is 23.5 Å². The van der Waals surface area contributed by atoms with Crippen LogP contribution in [-0.4, -0.2) is 72.3 Å². The molecule has 1 saturated heterocycles. The van der Waals surface area contributed by atoms with Gasteiger partial charge in [-0.05, 0) is 37.1 Å². The molecule has 9 heteroatoms. The van der Waals surface area contributed by atoms with E-state index in [1.54, 1.807) is 19.2 Å².